The number of nitrogens with zero attached hydrogens (tertiary/aromatic N) is 4. The maximum Gasteiger partial charge on any atom is 0.407 e. The van der Waals surface area contributed by atoms with Gasteiger partial charge in [-0.05, 0) is 43.7 Å². The van der Waals surface area contributed by atoms with E-state index in [2.05, 4.69) is 15.5 Å². The number of aryl methyl sites for hydroxylation is 1. The molecule has 4 rings (SSSR count). The zero-order valence-electron chi connectivity index (χ0n) is 19.1. The third-order valence-electron chi connectivity index (χ3n) is 5.59. The number of carbonyl (C=O) groups excluding carboxylic acids is 1. The van der Waals surface area contributed by atoms with Crippen LogP contribution in [0.2, 0.25) is 0 Å². The van der Waals surface area contributed by atoms with Crippen molar-refractivity contribution in [2.75, 3.05) is 19.7 Å². The first kappa shape index (κ1) is 24.1. The van der Waals surface area contributed by atoms with Gasteiger partial charge in [-0.2, -0.15) is 5.10 Å². The lowest BCUT2D eigenvalue weighted by atomic mass is 10.0. The number of nitrogens with one attached hydrogen (secondary N) is 1. The van der Waals surface area contributed by atoms with Gasteiger partial charge in [0.1, 0.15) is 23.1 Å². The van der Waals surface area contributed by atoms with Gasteiger partial charge in [0.15, 0.2) is 0 Å². The van der Waals surface area contributed by atoms with Gasteiger partial charge in [-0.3, -0.25) is 4.79 Å². The van der Waals surface area contributed by atoms with Crippen LogP contribution in [0.15, 0.2) is 35.6 Å². The second-order valence-electron chi connectivity index (χ2n) is 8.27. The summed E-state index contributed by atoms with van der Waals surface area (Å²) in [6.45, 7) is 3.87. The third-order valence-corrected chi connectivity index (χ3v) is 5.59. The van der Waals surface area contributed by atoms with Gasteiger partial charge in [0.2, 0.25) is 0 Å². The molecule has 35 heavy (non-hydrogen) atoms. The van der Waals surface area contributed by atoms with Crippen molar-refractivity contribution < 1.29 is 28.2 Å². The van der Waals surface area contributed by atoms with Crippen molar-refractivity contribution in [3.63, 3.8) is 0 Å². The van der Waals surface area contributed by atoms with Gasteiger partial charge in [0, 0.05) is 24.7 Å². The predicted octanol–water partition coefficient (Wildman–Crippen LogP) is 2.53. The number of morpholine rings is 1. The smallest absolute Gasteiger partial charge is 0.407 e. The van der Waals surface area contributed by atoms with Gasteiger partial charge in [-0.15, -0.1) is 0 Å². The molecule has 1 aromatic carbocycles. The summed E-state index contributed by atoms with van der Waals surface area (Å²) >= 11 is 0. The summed E-state index contributed by atoms with van der Waals surface area (Å²) in [4.78, 5) is 29.3. The average molecular weight is 486 g/mol. The number of benzene rings is 1. The van der Waals surface area contributed by atoms with E-state index in [0.29, 0.717) is 11.3 Å². The lowest BCUT2D eigenvalue weighted by Gasteiger charge is -2.31. The standard InChI is InChI=1S/C23H24F2N6O4/c1-12-3-4-31-18(10-15-11-30(23(33)34)5-6-35-15)21(27-19(31)7-12)20-16(24)8-14(9-17(20)25)22(32)29-28-13(2)26/h3-4,7-9,15H,5-6,10-11H2,1-2H3,(H2,26,28)(H,29,32)(H,33,34)/t15-/m0/s1. The lowest BCUT2D eigenvalue weighted by Crippen LogP contribution is -2.45. The second-order valence-corrected chi connectivity index (χ2v) is 8.27. The molecular formula is C23H24F2N6O4. The quantitative estimate of drug-likeness (QED) is 0.288. The number of amidine groups is 1. The normalized spacial score (nSPS) is 16.5. The van der Waals surface area contributed by atoms with Crippen molar-refractivity contribution in [1.82, 2.24) is 19.7 Å². The Kier molecular flexibility index (Phi) is 6.65. The minimum atomic E-state index is -1.06. The van der Waals surface area contributed by atoms with E-state index in [1.807, 2.05) is 13.0 Å². The molecule has 0 aliphatic carbocycles. The zero-order valence-corrected chi connectivity index (χ0v) is 19.1. The molecule has 1 aliphatic heterocycles. The van der Waals surface area contributed by atoms with Gasteiger partial charge in [0.05, 0.1) is 36.2 Å². The number of rotatable bonds is 5. The van der Waals surface area contributed by atoms with Crippen molar-refractivity contribution in [1.29, 1.82) is 0 Å². The summed E-state index contributed by atoms with van der Waals surface area (Å²) in [5.41, 5.74) is 8.69. The molecule has 1 saturated heterocycles. The number of nitrogens with two attached hydrogens (primary N) is 1. The van der Waals surface area contributed by atoms with Gasteiger partial charge in [-0.25, -0.2) is 24.0 Å². The van der Waals surface area contributed by atoms with E-state index in [1.165, 1.54) is 11.8 Å². The van der Waals surface area contributed by atoms with E-state index in [-0.39, 0.29) is 43.2 Å². The molecule has 184 valence electrons. The van der Waals surface area contributed by atoms with Crippen molar-refractivity contribution in [3.8, 4) is 11.3 Å². The molecule has 1 fully saturated rings. The van der Waals surface area contributed by atoms with E-state index in [1.54, 1.807) is 16.7 Å². The first-order valence-corrected chi connectivity index (χ1v) is 10.8. The number of imidazole rings is 1. The largest absolute Gasteiger partial charge is 0.465 e. The highest BCUT2D eigenvalue weighted by Crippen LogP contribution is 2.32. The second kappa shape index (κ2) is 9.66. The molecule has 0 saturated carbocycles. The van der Waals surface area contributed by atoms with Crippen LogP contribution in [0.4, 0.5) is 13.6 Å². The van der Waals surface area contributed by atoms with Crippen LogP contribution in [-0.4, -0.2) is 63.0 Å². The topological polar surface area (TPSA) is 135 Å². The summed E-state index contributed by atoms with van der Waals surface area (Å²) in [7, 11) is 0. The summed E-state index contributed by atoms with van der Waals surface area (Å²) in [6, 6.07) is 5.39. The molecule has 12 heteroatoms. The fourth-order valence-corrected chi connectivity index (χ4v) is 3.96. The van der Waals surface area contributed by atoms with Crippen molar-refractivity contribution in [2.45, 2.75) is 26.4 Å². The Bertz CT molecular complexity index is 1310. The number of halogens is 2. The number of hydrazone groups is 1. The molecule has 0 radical (unpaired) electrons. The summed E-state index contributed by atoms with van der Waals surface area (Å²) in [5, 5.41) is 12.9. The molecule has 1 atom stereocenters. The first-order valence-electron chi connectivity index (χ1n) is 10.8. The Morgan fingerprint density at radius 2 is 2.03 bits per heavy atom. The van der Waals surface area contributed by atoms with E-state index in [4.69, 9.17) is 10.5 Å². The molecule has 2 aromatic heterocycles. The lowest BCUT2D eigenvalue weighted by molar-refractivity contribution is -0.0214. The summed E-state index contributed by atoms with van der Waals surface area (Å²) < 4.78 is 37.9. The molecule has 3 heterocycles. The molecule has 2 amide bonds. The number of aromatic nitrogens is 2. The number of hydrogen-bond donors (Lipinski definition) is 3. The zero-order chi connectivity index (χ0) is 25.3. The van der Waals surface area contributed by atoms with E-state index in [0.717, 1.165) is 17.7 Å². The number of pyridine rings is 1. The first-order chi connectivity index (χ1) is 16.6. The van der Waals surface area contributed by atoms with E-state index >= 15 is 8.78 Å². The maximum absolute atomic E-state index is 15.2. The number of amides is 2. The maximum atomic E-state index is 15.2. The van der Waals surface area contributed by atoms with Crippen LogP contribution >= 0.6 is 0 Å². The average Bonchev–Trinajstić information content (AvgIpc) is 3.13. The van der Waals surface area contributed by atoms with Crippen LogP contribution in [-0.2, 0) is 11.2 Å². The van der Waals surface area contributed by atoms with Crippen molar-refractivity contribution >= 4 is 23.5 Å². The minimum Gasteiger partial charge on any atom is -0.465 e. The highest BCUT2D eigenvalue weighted by Gasteiger charge is 2.29. The molecule has 0 bridgehead atoms. The van der Waals surface area contributed by atoms with Crippen molar-refractivity contribution in [3.05, 3.63) is 58.9 Å². The number of ether oxygens (including phenoxy) is 1. The molecule has 4 N–H and O–H groups in total. The molecule has 0 unspecified atom stereocenters. The Morgan fingerprint density at radius 3 is 2.69 bits per heavy atom. The Labute approximate surface area is 199 Å². The van der Waals surface area contributed by atoms with Crippen LogP contribution < -0.4 is 11.2 Å². The minimum absolute atomic E-state index is 0.0458. The highest BCUT2D eigenvalue weighted by molar-refractivity contribution is 5.95. The van der Waals surface area contributed by atoms with Gasteiger partial charge in [0.25, 0.3) is 5.91 Å². The monoisotopic (exact) mass is 486 g/mol. The van der Waals surface area contributed by atoms with Gasteiger partial charge < -0.3 is 24.9 Å². The SMILES string of the molecule is CC(N)=NNC(=O)c1cc(F)c(-c2nc3cc(C)ccn3c2C[C@H]2CN(C(=O)O)CCO2)c(F)c1. The van der Waals surface area contributed by atoms with Gasteiger partial charge in [-0.1, -0.05) is 0 Å². The predicted molar refractivity (Wildman–Crippen MR) is 123 cm³/mol. The number of carboxylic acid groups (broad SMARTS) is 1. The summed E-state index contributed by atoms with van der Waals surface area (Å²) in [6.07, 6.45) is 0.300. The molecule has 10 nitrogen and oxygen atoms in total. The third kappa shape index (κ3) is 5.06. The van der Waals surface area contributed by atoms with Crippen LogP contribution in [0.3, 0.4) is 0 Å². The molecule has 1 aliphatic rings. The fourth-order valence-electron chi connectivity index (χ4n) is 3.96. The Balaban J connectivity index is 1.77. The Hall–Kier alpha value is -4.06. The number of fused-ring (bicyclic) bond motifs is 1. The molecular weight excluding hydrogens is 462 g/mol. The van der Waals surface area contributed by atoms with Gasteiger partial charge >= 0.3 is 6.09 Å². The number of carbonyl (C=O) groups is 2. The number of hydrogen-bond acceptors (Lipinski definition) is 5. The molecule has 3 aromatic rings. The van der Waals surface area contributed by atoms with E-state index < -0.39 is 35.3 Å². The fraction of sp³-hybridized carbons (Fsp3) is 0.304. The molecule has 0 spiro atoms. The Morgan fingerprint density at radius 1 is 1.31 bits per heavy atom. The van der Waals surface area contributed by atoms with Crippen LogP contribution in [0.25, 0.3) is 16.9 Å². The van der Waals surface area contributed by atoms with Crippen LogP contribution in [0.5, 0.6) is 0 Å². The highest BCUT2D eigenvalue weighted by atomic mass is 19.1. The van der Waals surface area contributed by atoms with E-state index in [9.17, 15) is 14.7 Å². The van der Waals surface area contributed by atoms with Crippen LogP contribution in [0.1, 0.15) is 28.5 Å². The van der Waals surface area contributed by atoms with Crippen LogP contribution in [0, 0.1) is 18.6 Å². The summed E-state index contributed by atoms with van der Waals surface area (Å²) in [5.74, 6) is -2.72. The van der Waals surface area contributed by atoms with Crippen molar-refractivity contribution in [2.24, 2.45) is 10.8 Å².